The summed E-state index contributed by atoms with van der Waals surface area (Å²) in [7, 11) is 4.19. The summed E-state index contributed by atoms with van der Waals surface area (Å²) in [6.45, 7) is 24.1. The zero-order chi connectivity index (χ0) is 19.2. The highest BCUT2D eigenvalue weighted by molar-refractivity contribution is 4.89. The number of nitrogens with zero attached hydrogens (tertiary/aromatic N) is 4. The van der Waals surface area contributed by atoms with Gasteiger partial charge in [-0.15, -0.1) is 0 Å². The molecule has 24 heavy (non-hydrogen) atoms. The van der Waals surface area contributed by atoms with Crippen LogP contribution in [-0.2, 0) is 4.84 Å². The van der Waals surface area contributed by atoms with Crippen molar-refractivity contribution in [3.8, 4) is 0 Å². The maximum atomic E-state index is 6.72. The average Bonchev–Trinajstić information content (AvgIpc) is 2.43. The first-order valence-corrected chi connectivity index (χ1v) is 9.65. The molecule has 0 aromatic carbocycles. The van der Waals surface area contributed by atoms with Crippen LogP contribution in [-0.4, -0.2) is 77.1 Å². The van der Waals surface area contributed by atoms with Crippen LogP contribution in [0.25, 0.3) is 0 Å². The highest BCUT2D eigenvalue weighted by atomic mass is 16.7. The first-order chi connectivity index (χ1) is 11.0. The van der Waals surface area contributed by atoms with E-state index in [2.05, 4.69) is 91.0 Å². The highest BCUT2D eigenvalue weighted by Gasteiger charge is 2.52. The number of hydrogen-bond donors (Lipinski definition) is 0. The molecule has 0 aliphatic rings. The largest absolute Gasteiger partial charge is 0.261 e. The summed E-state index contributed by atoms with van der Waals surface area (Å²) in [6, 6.07) is 1.40. The molecule has 0 radical (unpaired) electrons. The van der Waals surface area contributed by atoms with Gasteiger partial charge in [0.05, 0.1) is 0 Å². The first-order valence-electron chi connectivity index (χ1n) is 9.65. The van der Waals surface area contributed by atoms with E-state index in [0.29, 0.717) is 24.2 Å². The lowest BCUT2D eigenvalue weighted by Gasteiger charge is -2.59. The molecular weight excluding hydrogens is 300 g/mol. The lowest BCUT2D eigenvalue weighted by atomic mass is 10.1. The Balaban J connectivity index is 6.51. The van der Waals surface area contributed by atoms with E-state index in [1.54, 1.807) is 0 Å². The van der Waals surface area contributed by atoms with E-state index in [1.807, 2.05) is 12.1 Å². The van der Waals surface area contributed by atoms with E-state index in [4.69, 9.17) is 4.84 Å². The molecule has 0 aliphatic heterocycles. The molecule has 0 saturated carbocycles. The van der Waals surface area contributed by atoms with Crippen LogP contribution in [0.5, 0.6) is 0 Å². The molecule has 0 heterocycles. The normalized spacial score (nSPS) is 14.0. The molecule has 0 saturated heterocycles. The third-order valence-corrected chi connectivity index (χ3v) is 4.59. The molecular formula is C19H44N4O. The SMILES string of the molecule is CCN(C)OC(N(C)CC)(N(C(C)C)C(C)C)N(C(C)C)C(C)C. The van der Waals surface area contributed by atoms with Crippen molar-refractivity contribution in [1.82, 2.24) is 19.8 Å². The van der Waals surface area contributed by atoms with E-state index >= 15 is 0 Å². The van der Waals surface area contributed by atoms with Crippen LogP contribution in [0, 0.1) is 0 Å². The smallest absolute Gasteiger partial charge is 0.251 e. The topological polar surface area (TPSA) is 22.2 Å². The quantitative estimate of drug-likeness (QED) is 0.420. The van der Waals surface area contributed by atoms with Crippen LogP contribution in [0.15, 0.2) is 0 Å². The summed E-state index contributed by atoms with van der Waals surface area (Å²) in [5.41, 5.74) is 0. The second-order valence-corrected chi connectivity index (χ2v) is 7.81. The lowest BCUT2D eigenvalue weighted by molar-refractivity contribution is -0.418. The molecule has 0 amide bonds. The Bertz CT molecular complexity index is 308. The zero-order valence-corrected chi connectivity index (χ0v) is 18.4. The van der Waals surface area contributed by atoms with Crippen molar-refractivity contribution < 1.29 is 4.84 Å². The van der Waals surface area contributed by atoms with Gasteiger partial charge in [0.15, 0.2) is 0 Å². The van der Waals surface area contributed by atoms with Crippen molar-refractivity contribution in [2.24, 2.45) is 0 Å². The molecule has 0 N–H and O–H groups in total. The molecule has 5 heteroatoms. The molecule has 146 valence electrons. The van der Waals surface area contributed by atoms with Crippen LogP contribution in [0.2, 0.25) is 0 Å². The average molecular weight is 345 g/mol. The summed E-state index contributed by atoms with van der Waals surface area (Å²) in [4.78, 5) is 14.0. The van der Waals surface area contributed by atoms with Crippen molar-refractivity contribution in [2.45, 2.75) is 99.4 Å². The van der Waals surface area contributed by atoms with Crippen molar-refractivity contribution in [2.75, 3.05) is 27.2 Å². The van der Waals surface area contributed by atoms with Gasteiger partial charge in [-0.05, 0) is 62.4 Å². The van der Waals surface area contributed by atoms with E-state index in [9.17, 15) is 0 Å². The fourth-order valence-electron chi connectivity index (χ4n) is 3.71. The van der Waals surface area contributed by atoms with Crippen LogP contribution >= 0.6 is 0 Å². The molecule has 0 bridgehead atoms. The Morgan fingerprint density at radius 3 is 1.21 bits per heavy atom. The van der Waals surface area contributed by atoms with Gasteiger partial charge in [-0.2, -0.15) is 5.06 Å². The molecule has 0 aromatic rings. The number of rotatable bonds is 11. The third-order valence-electron chi connectivity index (χ3n) is 4.59. The predicted octanol–water partition coefficient (Wildman–Crippen LogP) is 3.67. The van der Waals surface area contributed by atoms with Gasteiger partial charge in [0, 0.05) is 44.3 Å². The highest BCUT2D eigenvalue weighted by Crippen LogP contribution is 2.34. The van der Waals surface area contributed by atoms with E-state index in [1.165, 1.54) is 0 Å². The fraction of sp³-hybridized carbons (Fsp3) is 1.00. The minimum atomic E-state index is -0.621. The summed E-state index contributed by atoms with van der Waals surface area (Å²) < 4.78 is 0. The Hall–Kier alpha value is -0.200. The fourth-order valence-corrected chi connectivity index (χ4v) is 3.71. The summed E-state index contributed by atoms with van der Waals surface area (Å²) in [6.07, 6.45) is 0. The molecule has 0 rings (SSSR count). The van der Waals surface area contributed by atoms with Gasteiger partial charge in [0.25, 0.3) is 5.97 Å². The minimum Gasteiger partial charge on any atom is -0.251 e. The number of hydroxylamine groups is 2. The number of hydrogen-bond acceptors (Lipinski definition) is 5. The molecule has 0 aliphatic carbocycles. The van der Waals surface area contributed by atoms with Gasteiger partial charge in [0.2, 0.25) is 0 Å². The maximum absolute atomic E-state index is 6.72. The van der Waals surface area contributed by atoms with Crippen molar-refractivity contribution >= 4 is 0 Å². The van der Waals surface area contributed by atoms with Crippen molar-refractivity contribution in [3.63, 3.8) is 0 Å². The summed E-state index contributed by atoms with van der Waals surface area (Å²) in [5, 5.41) is 1.96. The Labute approximate surface area is 151 Å². The Morgan fingerprint density at radius 1 is 0.667 bits per heavy atom. The second-order valence-electron chi connectivity index (χ2n) is 7.81. The van der Waals surface area contributed by atoms with Gasteiger partial charge >= 0.3 is 0 Å². The first kappa shape index (κ1) is 23.8. The van der Waals surface area contributed by atoms with Crippen LogP contribution in [0.4, 0.5) is 0 Å². The van der Waals surface area contributed by atoms with E-state index in [-0.39, 0.29) is 0 Å². The molecule has 0 spiro atoms. The zero-order valence-electron chi connectivity index (χ0n) is 18.4. The van der Waals surface area contributed by atoms with Crippen molar-refractivity contribution in [1.29, 1.82) is 0 Å². The second kappa shape index (κ2) is 10.1. The molecule has 0 fully saturated rings. The van der Waals surface area contributed by atoms with Crippen LogP contribution in [0.3, 0.4) is 0 Å². The van der Waals surface area contributed by atoms with Crippen LogP contribution in [0.1, 0.15) is 69.2 Å². The predicted molar refractivity (Wildman–Crippen MR) is 105 cm³/mol. The minimum absolute atomic E-state index is 0.351. The van der Waals surface area contributed by atoms with Crippen LogP contribution < -0.4 is 0 Å². The Morgan fingerprint density at radius 2 is 1.00 bits per heavy atom. The standard InChI is InChI=1S/C19H44N4O/c1-13-20(11)19(24-21(12)14-2,22(15(3)4)16(5)6)23(17(7)8)18(9)10/h15-18H,13-14H2,1-12H3. The van der Waals surface area contributed by atoms with Crippen molar-refractivity contribution in [3.05, 3.63) is 0 Å². The summed E-state index contributed by atoms with van der Waals surface area (Å²) >= 11 is 0. The molecule has 0 unspecified atom stereocenters. The summed E-state index contributed by atoms with van der Waals surface area (Å²) in [5.74, 6) is -0.621. The van der Waals surface area contributed by atoms with Gasteiger partial charge in [-0.1, -0.05) is 13.8 Å². The maximum Gasteiger partial charge on any atom is 0.261 e. The van der Waals surface area contributed by atoms with E-state index in [0.717, 1.165) is 13.1 Å². The lowest BCUT2D eigenvalue weighted by Crippen LogP contribution is -2.76. The van der Waals surface area contributed by atoms with Gasteiger partial charge in [-0.25, -0.2) is 14.6 Å². The van der Waals surface area contributed by atoms with Gasteiger partial charge in [0.1, 0.15) is 0 Å². The molecule has 0 aromatic heterocycles. The Kier molecular flexibility index (Phi) is 9.99. The van der Waals surface area contributed by atoms with Gasteiger partial charge in [-0.3, -0.25) is 4.90 Å². The molecule has 5 nitrogen and oxygen atoms in total. The monoisotopic (exact) mass is 344 g/mol. The third kappa shape index (κ3) is 5.15. The van der Waals surface area contributed by atoms with Gasteiger partial charge < -0.3 is 0 Å². The van der Waals surface area contributed by atoms with E-state index < -0.39 is 5.97 Å². The molecule has 0 atom stereocenters.